The lowest BCUT2D eigenvalue weighted by atomic mass is 10.4. The summed E-state index contributed by atoms with van der Waals surface area (Å²) in [6.07, 6.45) is 4.10. The van der Waals surface area contributed by atoms with E-state index in [4.69, 9.17) is 0 Å². The molecule has 0 fully saturated rings. The highest BCUT2D eigenvalue weighted by Gasteiger charge is 1.96. The summed E-state index contributed by atoms with van der Waals surface area (Å²) in [5, 5.41) is 0. The number of hydrogen-bond acceptors (Lipinski definition) is 1. The fraction of sp³-hybridized carbons (Fsp3) is 0.400. The van der Waals surface area contributed by atoms with Gasteiger partial charge in [-0.25, -0.2) is 0 Å². The summed E-state index contributed by atoms with van der Waals surface area (Å²) >= 11 is 0. The largest absolute Gasteiger partial charge is 0.358 e. The van der Waals surface area contributed by atoms with Crippen LogP contribution in [0.3, 0.4) is 0 Å². The van der Waals surface area contributed by atoms with Crippen LogP contribution < -0.4 is 0 Å². The molecule has 66 valence electrons. The van der Waals surface area contributed by atoms with E-state index in [0.29, 0.717) is 0 Å². The van der Waals surface area contributed by atoms with Gasteiger partial charge < -0.3 is 9.88 Å². The van der Waals surface area contributed by atoms with Crippen molar-refractivity contribution in [2.75, 3.05) is 14.1 Å². The molecule has 0 aromatic carbocycles. The fourth-order valence-electron chi connectivity index (χ4n) is 1.17. The van der Waals surface area contributed by atoms with Crippen LogP contribution in [0.15, 0.2) is 18.2 Å². The number of allylic oxidation sites excluding steroid dienone is 1. The number of aromatic nitrogens is 1. The Morgan fingerprint density at radius 3 is 2.75 bits per heavy atom. The third-order valence-electron chi connectivity index (χ3n) is 1.60. The topological polar surface area (TPSA) is 19.0 Å². The predicted octanol–water partition coefficient (Wildman–Crippen LogP) is 2.11. The molecule has 0 unspecified atom stereocenters. The Morgan fingerprint density at radius 1 is 1.42 bits per heavy atom. The van der Waals surface area contributed by atoms with Gasteiger partial charge in [0.15, 0.2) is 0 Å². The number of aromatic amines is 1. The molecule has 0 saturated heterocycles. The molecule has 0 atom stereocenters. The van der Waals surface area contributed by atoms with Crippen molar-refractivity contribution in [1.29, 1.82) is 0 Å². The Hall–Kier alpha value is -1.02. The van der Waals surface area contributed by atoms with E-state index in [2.05, 4.69) is 42.2 Å². The predicted molar refractivity (Wildman–Crippen MR) is 52.9 cm³/mol. The van der Waals surface area contributed by atoms with E-state index in [9.17, 15) is 0 Å². The molecule has 0 radical (unpaired) electrons. The molecule has 1 N–H and O–H groups in total. The van der Waals surface area contributed by atoms with Crippen molar-refractivity contribution in [3.63, 3.8) is 0 Å². The highest BCUT2D eigenvalue weighted by Crippen LogP contribution is 2.04. The third-order valence-corrected chi connectivity index (χ3v) is 1.60. The van der Waals surface area contributed by atoms with Crippen LogP contribution in [0.25, 0.3) is 6.08 Å². The lowest BCUT2D eigenvalue weighted by Gasteiger charge is -2.06. The van der Waals surface area contributed by atoms with Crippen LogP contribution in [-0.2, 0) is 6.54 Å². The van der Waals surface area contributed by atoms with Gasteiger partial charge in [-0.05, 0) is 39.2 Å². The second kappa shape index (κ2) is 4.12. The minimum absolute atomic E-state index is 0.970. The molecule has 0 amide bonds. The number of H-pyrrole nitrogens is 1. The number of rotatable bonds is 3. The Bertz CT molecular complexity index is 259. The Balaban J connectivity index is 2.64. The summed E-state index contributed by atoms with van der Waals surface area (Å²) in [5.41, 5.74) is 2.43. The first kappa shape index (κ1) is 9.07. The van der Waals surface area contributed by atoms with Crippen LogP contribution in [0, 0.1) is 0 Å². The zero-order chi connectivity index (χ0) is 8.97. The lowest BCUT2D eigenvalue weighted by Crippen LogP contribution is -2.10. The van der Waals surface area contributed by atoms with Crippen LogP contribution in [0.2, 0.25) is 0 Å². The summed E-state index contributed by atoms with van der Waals surface area (Å²) in [6.45, 7) is 2.99. The summed E-state index contributed by atoms with van der Waals surface area (Å²) in [6, 6.07) is 4.22. The summed E-state index contributed by atoms with van der Waals surface area (Å²) < 4.78 is 0. The lowest BCUT2D eigenvalue weighted by molar-refractivity contribution is 0.398. The van der Waals surface area contributed by atoms with Crippen LogP contribution in [0.4, 0.5) is 0 Å². The average Bonchev–Trinajstić information content (AvgIpc) is 2.36. The van der Waals surface area contributed by atoms with Crippen LogP contribution in [0.1, 0.15) is 18.3 Å². The van der Waals surface area contributed by atoms with E-state index < -0.39 is 0 Å². The highest BCUT2D eigenvalue weighted by molar-refractivity contribution is 5.44. The molecule has 0 spiro atoms. The van der Waals surface area contributed by atoms with Gasteiger partial charge in [0.25, 0.3) is 0 Å². The van der Waals surface area contributed by atoms with Crippen LogP contribution >= 0.6 is 0 Å². The quantitative estimate of drug-likeness (QED) is 0.725. The van der Waals surface area contributed by atoms with E-state index >= 15 is 0 Å². The molecule has 12 heavy (non-hydrogen) atoms. The average molecular weight is 164 g/mol. The Morgan fingerprint density at radius 2 is 2.17 bits per heavy atom. The van der Waals surface area contributed by atoms with Crippen LogP contribution in [-0.4, -0.2) is 24.0 Å². The Labute approximate surface area is 73.9 Å². The SMILES string of the molecule is C/C=C\c1ccc(CN(C)C)[nH]1. The van der Waals surface area contributed by atoms with Crippen molar-refractivity contribution in [1.82, 2.24) is 9.88 Å². The van der Waals surface area contributed by atoms with Crippen molar-refractivity contribution in [3.8, 4) is 0 Å². The molecule has 0 aliphatic heterocycles. The number of nitrogens with zero attached hydrogens (tertiary/aromatic N) is 1. The summed E-state index contributed by atoms with van der Waals surface area (Å²) in [5.74, 6) is 0. The maximum atomic E-state index is 3.32. The standard InChI is InChI=1S/C10H16N2/c1-4-5-9-6-7-10(11-9)8-12(2)3/h4-7,11H,8H2,1-3H3/b5-4-. The molecule has 0 aliphatic carbocycles. The van der Waals surface area contributed by atoms with Crippen molar-refractivity contribution < 1.29 is 0 Å². The van der Waals surface area contributed by atoms with E-state index in [-0.39, 0.29) is 0 Å². The molecule has 1 aromatic rings. The molecule has 2 nitrogen and oxygen atoms in total. The third kappa shape index (κ3) is 2.55. The van der Waals surface area contributed by atoms with Gasteiger partial charge >= 0.3 is 0 Å². The molecule has 2 heteroatoms. The monoisotopic (exact) mass is 164 g/mol. The fourth-order valence-corrected chi connectivity index (χ4v) is 1.17. The van der Waals surface area contributed by atoms with Gasteiger partial charge in [-0.3, -0.25) is 0 Å². The molecular formula is C10H16N2. The zero-order valence-corrected chi connectivity index (χ0v) is 7.96. The summed E-state index contributed by atoms with van der Waals surface area (Å²) in [7, 11) is 4.13. The second-order valence-electron chi connectivity index (χ2n) is 3.18. The van der Waals surface area contributed by atoms with Gasteiger partial charge in [0.05, 0.1) is 0 Å². The van der Waals surface area contributed by atoms with Gasteiger partial charge in [0, 0.05) is 17.9 Å². The van der Waals surface area contributed by atoms with Gasteiger partial charge in [-0.2, -0.15) is 0 Å². The van der Waals surface area contributed by atoms with Crippen molar-refractivity contribution in [2.45, 2.75) is 13.5 Å². The van der Waals surface area contributed by atoms with Gasteiger partial charge in [-0.15, -0.1) is 0 Å². The molecular weight excluding hydrogens is 148 g/mol. The normalized spacial score (nSPS) is 11.7. The van der Waals surface area contributed by atoms with Crippen molar-refractivity contribution in [3.05, 3.63) is 29.6 Å². The number of hydrogen-bond donors (Lipinski definition) is 1. The maximum absolute atomic E-state index is 3.32. The van der Waals surface area contributed by atoms with Gasteiger partial charge in [0.2, 0.25) is 0 Å². The van der Waals surface area contributed by atoms with Crippen LogP contribution in [0.5, 0.6) is 0 Å². The summed E-state index contributed by atoms with van der Waals surface area (Å²) in [4.78, 5) is 5.46. The van der Waals surface area contributed by atoms with E-state index in [1.165, 1.54) is 11.4 Å². The number of nitrogens with one attached hydrogen (secondary N) is 1. The second-order valence-corrected chi connectivity index (χ2v) is 3.18. The first-order valence-electron chi connectivity index (χ1n) is 4.17. The molecule has 0 bridgehead atoms. The van der Waals surface area contributed by atoms with Crippen molar-refractivity contribution in [2.24, 2.45) is 0 Å². The van der Waals surface area contributed by atoms with Crippen molar-refractivity contribution >= 4 is 6.08 Å². The minimum Gasteiger partial charge on any atom is -0.358 e. The first-order valence-corrected chi connectivity index (χ1v) is 4.17. The highest BCUT2D eigenvalue weighted by atomic mass is 15.1. The van der Waals surface area contributed by atoms with Gasteiger partial charge in [0.1, 0.15) is 0 Å². The molecule has 0 aliphatic rings. The van der Waals surface area contributed by atoms with E-state index in [0.717, 1.165) is 6.54 Å². The molecule has 1 rings (SSSR count). The zero-order valence-electron chi connectivity index (χ0n) is 7.96. The molecule has 1 aromatic heterocycles. The smallest absolute Gasteiger partial charge is 0.0379 e. The van der Waals surface area contributed by atoms with E-state index in [1.54, 1.807) is 0 Å². The van der Waals surface area contributed by atoms with E-state index in [1.807, 2.05) is 13.0 Å². The first-order chi connectivity index (χ1) is 5.72. The molecule has 0 saturated carbocycles. The molecule has 1 heterocycles. The maximum Gasteiger partial charge on any atom is 0.0379 e. The minimum atomic E-state index is 0.970. The van der Waals surface area contributed by atoms with Gasteiger partial charge in [-0.1, -0.05) is 6.08 Å². The Kier molecular flexibility index (Phi) is 3.11.